The van der Waals surface area contributed by atoms with Crippen molar-refractivity contribution in [2.75, 3.05) is 0 Å². The van der Waals surface area contributed by atoms with E-state index in [9.17, 15) is 0 Å². The van der Waals surface area contributed by atoms with Crippen molar-refractivity contribution in [1.29, 1.82) is 0 Å². The van der Waals surface area contributed by atoms with Crippen LogP contribution in [0.15, 0.2) is 54.7 Å². The molecule has 3 aromatic carbocycles. The highest BCUT2D eigenvalue weighted by Gasteiger charge is 2.35. The fourth-order valence-electron chi connectivity index (χ4n) is 5.78. The van der Waals surface area contributed by atoms with E-state index < -0.39 is 0 Å². The highest BCUT2D eigenvalue weighted by Crippen LogP contribution is 2.41. The van der Waals surface area contributed by atoms with Crippen LogP contribution in [0.4, 0.5) is 0 Å². The third-order valence-corrected chi connectivity index (χ3v) is 8.98. The lowest BCUT2D eigenvalue weighted by Gasteiger charge is -2.29. The van der Waals surface area contributed by atoms with Gasteiger partial charge < -0.3 is 4.58 Å². The molecule has 5 aromatic rings. The second kappa shape index (κ2) is 8.19. The molecule has 37 heavy (non-hydrogen) atoms. The number of hydrogen-bond acceptors (Lipinski definition) is 1. The highest BCUT2D eigenvalue weighted by atomic mass is 32.1. The van der Waals surface area contributed by atoms with Crippen LogP contribution in [0.3, 0.4) is 0 Å². The van der Waals surface area contributed by atoms with E-state index >= 15 is 0 Å². The molecule has 0 unspecified atom stereocenters. The first-order valence-electron chi connectivity index (χ1n) is 12.8. The molecule has 0 saturated carbocycles. The molecule has 0 amide bonds. The summed E-state index contributed by atoms with van der Waals surface area (Å²) in [7, 11) is 0. The van der Waals surface area contributed by atoms with Crippen LogP contribution in [0.5, 0.6) is 0 Å². The summed E-state index contributed by atoms with van der Waals surface area (Å²) in [6.07, 6.45) is 4.22. The zero-order valence-corrected chi connectivity index (χ0v) is 23.5. The van der Waals surface area contributed by atoms with Crippen molar-refractivity contribution in [2.24, 2.45) is 0 Å². The molecule has 2 aromatic heterocycles. The Morgan fingerprint density at radius 2 is 1.59 bits per heavy atom. The Morgan fingerprint density at radius 3 is 2.27 bits per heavy atom. The Morgan fingerprint density at radius 1 is 0.919 bits per heavy atom. The Hall–Kier alpha value is -3.63. The molecule has 1 aliphatic rings. The summed E-state index contributed by atoms with van der Waals surface area (Å²) >= 11 is 1.79. The van der Waals surface area contributed by atoms with Crippen molar-refractivity contribution < 1.29 is 8.37 Å². The first-order chi connectivity index (χ1) is 17.6. The molecule has 0 bridgehead atoms. The van der Waals surface area contributed by atoms with Gasteiger partial charge in [-0.05, 0) is 46.7 Å². The lowest BCUT2D eigenvalue weighted by molar-refractivity contribution is -0.444. The third kappa shape index (κ3) is 3.50. The normalized spacial score (nSPS) is 13.7. The number of benzene rings is 3. The number of rotatable bonds is 2. The predicted molar refractivity (Wildman–Crippen MR) is 156 cm³/mol. The van der Waals surface area contributed by atoms with Gasteiger partial charge in [-0.15, -0.1) is 34.3 Å². The van der Waals surface area contributed by atoms with Crippen LogP contribution in [0.1, 0.15) is 65.5 Å². The van der Waals surface area contributed by atoms with Gasteiger partial charge in [0.1, 0.15) is 18.5 Å². The Kier molecular flexibility index (Phi) is 5.26. The van der Waals surface area contributed by atoms with Crippen molar-refractivity contribution in [3.05, 3.63) is 106 Å². The maximum absolute atomic E-state index is 5.28. The lowest BCUT2D eigenvalue weighted by Crippen LogP contribution is -2.25. The number of hydrogen-bond donors (Lipinski definition) is 0. The van der Waals surface area contributed by atoms with E-state index in [0.717, 1.165) is 23.1 Å². The van der Waals surface area contributed by atoms with Gasteiger partial charge in [-0.2, -0.15) is 0 Å². The molecule has 0 N–H and O–H groups in total. The minimum atomic E-state index is 0.00733. The highest BCUT2D eigenvalue weighted by molar-refractivity contribution is 7.06. The number of fused-ring (bicyclic) bond motifs is 4. The van der Waals surface area contributed by atoms with Crippen LogP contribution in [0.25, 0.3) is 32.9 Å². The fourth-order valence-corrected chi connectivity index (χ4v) is 7.11. The van der Waals surface area contributed by atoms with E-state index in [1.807, 2.05) is 4.58 Å². The van der Waals surface area contributed by atoms with E-state index in [1.54, 1.807) is 11.5 Å². The van der Waals surface area contributed by atoms with Crippen LogP contribution in [-0.4, -0.2) is 16.3 Å². The summed E-state index contributed by atoms with van der Waals surface area (Å²) in [5, 5.41) is 2.61. The van der Waals surface area contributed by atoms with Gasteiger partial charge in [0.15, 0.2) is 0 Å². The standard InChI is InChI=1S/C33H33N3S/c1-19-12-11-13-20(2)28(19)31-22(4)32-34-29-27(36(32)37-31)16-17-35(8)30(29)25-18-26(33(5,6)7)24-15-10-9-14-23(24)21(25)3/h9-18H,8H2,1-7H3. The van der Waals surface area contributed by atoms with E-state index in [4.69, 9.17) is 4.98 Å². The molecule has 0 saturated heterocycles. The first-order valence-corrected chi connectivity index (χ1v) is 13.6. The zero-order valence-electron chi connectivity index (χ0n) is 22.7. The topological polar surface area (TPSA) is 20.0 Å². The minimum Gasteiger partial charge on any atom is -0.331 e. The summed E-state index contributed by atoms with van der Waals surface area (Å²) in [6, 6.07) is 18.7. The monoisotopic (exact) mass is 503 g/mol. The molecule has 0 radical (unpaired) electrons. The fraction of sp³-hybridized carbons (Fsp3) is 0.242. The summed E-state index contributed by atoms with van der Waals surface area (Å²) < 4.78 is 4.29. The van der Waals surface area contributed by atoms with Crippen molar-refractivity contribution in [3.8, 4) is 10.4 Å². The maximum atomic E-state index is 5.28. The SMILES string of the molecule is C=[N+]1C=C[c-]2c(nc3c(C)[c-](-c4c(C)cccc4C)[s+][n+]32)[C-]1c1cc(C(C)(C)C)c2ccccc2c1C. The van der Waals surface area contributed by atoms with Gasteiger partial charge in [0.25, 0.3) is 5.65 Å². The van der Waals surface area contributed by atoms with Gasteiger partial charge in [-0.1, -0.05) is 80.4 Å². The van der Waals surface area contributed by atoms with E-state index in [2.05, 4.69) is 120 Å². The summed E-state index contributed by atoms with van der Waals surface area (Å²) in [6.45, 7) is 20.1. The van der Waals surface area contributed by atoms with Crippen LogP contribution >= 0.6 is 11.5 Å². The van der Waals surface area contributed by atoms with Crippen molar-refractivity contribution >= 4 is 40.7 Å². The molecule has 0 fully saturated rings. The second-order valence-electron chi connectivity index (χ2n) is 11.3. The Labute approximate surface area is 223 Å². The molecule has 186 valence electrons. The summed E-state index contributed by atoms with van der Waals surface area (Å²) in [5.74, 6) is 0. The van der Waals surface area contributed by atoms with Gasteiger partial charge in [0, 0.05) is 11.8 Å². The number of nitrogens with zero attached hydrogens (tertiary/aromatic N) is 3. The minimum absolute atomic E-state index is 0.00733. The molecule has 4 heteroatoms. The molecule has 0 atom stereocenters. The summed E-state index contributed by atoms with van der Waals surface area (Å²) in [5.41, 5.74) is 12.1. The smallest absolute Gasteiger partial charge is 0.331 e. The molecule has 0 spiro atoms. The van der Waals surface area contributed by atoms with Gasteiger partial charge in [0.05, 0.1) is 5.69 Å². The van der Waals surface area contributed by atoms with Crippen LogP contribution in [0, 0.1) is 33.7 Å². The molecule has 0 aliphatic carbocycles. The average molecular weight is 504 g/mol. The lowest BCUT2D eigenvalue weighted by atomic mass is 9.79. The maximum Gasteiger partial charge on any atom is 0.355 e. The molecule has 3 heterocycles. The van der Waals surface area contributed by atoms with E-state index in [-0.39, 0.29) is 5.41 Å². The van der Waals surface area contributed by atoms with Gasteiger partial charge >= 0.3 is 11.5 Å². The van der Waals surface area contributed by atoms with E-state index in [1.165, 1.54) is 54.6 Å². The average Bonchev–Trinajstić information content (AvgIpc) is 3.36. The molecular weight excluding hydrogens is 470 g/mol. The molecular formula is C33H33N3S. The molecule has 3 nitrogen and oxygen atoms in total. The number of aryl methyl sites for hydroxylation is 4. The second-order valence-corrected chi connectivity index (χ2v) is 12.3. The third-order valence-electron chi connectivity index (χ3n) is 7.74. The van der Waals surface area contributed by atoms with Crippen LogP contribution in [-0.2, 0) is 5.41 Å². The molecule has 6 rings (SSSR count). The van der Waals surface area contributed by atoms with Crippen LogP contribution < -0.4 is 3.79 Å². The van der Waals surface area contributed by atoms with Crippen molar-refractivity contribution in [3.63, 3.8) is 0 Å². The Balaban J connectivity index is 1.60. The van der Waals surface area contributed by atoms with Gasteiger partial charge in [-0.25, -0.2) is 0 Å². The largest absolute Gasteiger partial charge is 0.355 e. The van der Waals surface area contributed by atoms with E-state index in [0.29, 0.717) is 0 Å². The quantitative estimate of drug-likeness (QED) is 0.138. The molecule has 1 aliphatic heterocycles. The Bertz CT molecular complexity index is 1750. The predicted octanol–water partition coefficient (Wildman–Crippen LogP) is 7.58. The van der Waals surface area contributed by atoms with Crippen molar-refractivity contribution in [1.82, 2.24) is 4.98 Å². The van der Waals surface area contributed by atoms with Gasteiger partial charge in [0.2, 0.25) is 4.88 Å². The first kappa shape index (κ1) is 23.7. The van der Waals surface area contributed by atoms with Crippen LogP contribution in [0.2, 0.25) is 0 Å². The number of imidazole rings is 1. The van der Waals surface area contributed by atoms with Gasteiger partial charge in [-0.3, -0.25) is 0 Å². The number of aromatic nitrogens is 2. The van der Waals surface area contributed by atoms with Crippen molar-refractivity contribution in [2.45, 2.75) is 53.9 Å². The summed E-state index contributed by atoms with van der Waals surface area (Å²) in [4.78, 5) is 6.58. The zero-order chi connectivity index (χ0) is 26.2.